The van der Waals surface area contributed by atoms with Crippen LogP contribution >= 0.6 is 0 Å². The number of hydrogen-bond donors (Lipinski definition) is 2. The first-order valence-electron chi connectivity index (χ1n) is 4.77. The molecule has 0 aromatic carbocycles. The van der Waals surface area contributed by atoms with Gasteiger partial charge in [0.2, 0.25) is 0 Å². The third kappa shape index (κ3) is 5.60. The second-order valence-corrected chi connectivity index (χ2v) is 2.81. The lowest BCUT2D eigenvalue weighted by atomic mass is 10.2. The Balaban J connectivity index is 3.71. The molecule has 0 heterocycles. The summed E-state index contributed by atoms with van der Waals surface area (Å²) >= 11 is 0. The van der Waals surface area contributed by atoms with Crippen molar-refractivity contribution in [3.05, 3.63) is 0 Å². The number of aliphatic hydroxyl groups excluding tert-OH is 1. The van der Waals surface area contributed by atoms with Crippen molar-refractivity contribution in [3.63, 3.8) is 0 Å². The van der Waals surface area contributed by atoms with E-state index in [1.807, 2.05) is 13.8 Å². The van der Waals surface area contributed by atoms with Crippen LogP contribution < -0.4 is 5.32 Å². The molecule has 0 aromatic heterocycles. The van der Waals surface area contributed by atoms with Crippen LogP contribution in [0.1, 0.15) is 26.7 Å². The zero-order valence-electron chi connectivity index (χ0n) is 8.38. The highest BCUT2D eigenvalue weighted by molar-refractivity contribution is 5.75. The van der Waals surface area contributed by atoms with Crippen molar-refractivity contribution in [2.75, 3.05) is 19.8 Å². The molecule has 78 valence electrons. The highest BCUT2D eigenvalue weighted by Gasteiger charge is 2.15. The zero-order chi connectivity index (χ0) is 10.1. The molecule has 0 saturated heterocycles. The van der Waals surface area contributed by atoms with Gasteiger partial charge in [-0.15, -0.1) is 0 Å². The number of ether oxygens (including phenoxy) is 1. The molecule has 1 unspecified atom stereocenters. The van der Waals surface area contributed by atoms with Crippen LogP contribution in [-0.2, 0) is 9.53 Å². The van der Waals surface area contributed by atoms with Crippen LogP contribution in [-0.4, -0.2) is 36.9 Å². The van der Waals surface area contributed by atoms with Gasteiger partial charge in [0, 0.05) is 6.54 Å². The first-order chi connectivity index (χ1) is 6.26. The summed E-state index contributed by atoms with van der Waals surface area (Å²) in [6.07, 6.45) is 1.52. The van der Waals surface area contributed by atoms with Gasteiger partial charge in [0.25, 0.3) is 0 Å². The molecule has 1 atom stereocenters. The number of rotatable bonds is 7. The van der Waals surface area contributed by atoms with Gasteiger partial charge < -0.3 is 15.2 Å². The summed E-state index contributed by atoms with van der Waals surface area (Å²) < 4.78 is 4.96. The van der Waals surface area contributed by atoms with Crippen LogP contribution in [0.3, 0.4) is 0 Å². The van der Waals surface area contributed by atoms with Crippen LogP contribution in [0.15, 0.2) is 0 Å². The van der Waals surface area contributed by atoms with Crippen molar-refractivity contribution in [2.24, 2.45) is 0 Å². The average molecular weight is 189 g/mol. The largest absolute Gasteiger partial charge is 0.465 e. The molecule has 0 aliphatic rings. The fraction of sp³-hybridized carbons (Fsp3) is 0.889. The van der Waals surface area contributed by atoms with E-state index in [0.717, 1.165) is 6.42 Å². The van der Waals surface area contributed by atoms with Crippen molar-refractivity contribution >= 4 is 5.97 Å². The summed E-state index contributed by atoms with van der Waals surface area (Å²) in [7, 11) is 0. The highest BCUT2D eigenvalue weighted by atomic mass is 16.5. The Morgan fingerprint density at radius 1 is 1.54 bits per heavy atom. The van der Waals surface area contributed by atoms with Gasteiger partial charge in [-0.3, -0.25) is 4.79 Å². The second-order valence-electron chi connectivity index (χ2n) is 2.81. The van der Waals surface area contributed by atoms with Crippen molar-refractivity contribution in [2.45, 2.75) is 32.7 Å². The normalized spacial score (nSPS) is 12.5. The fourth-order valence-corrected chi connectivity index (χ4v) is 0.936. The van der Waals surface area contributed by atoms with Crippen LogP contribution in [0.2, 0.25) is 0 Å². The number of hydrogen-bond acceptors (Lipinski definition) is 4. The van der Waals surface area contributed by atoms with E-state index in [-0.39, 0.29) is 18.6 Å². The number of nitrogens with one attached hydrogen (secondary N) is 1. The molecule has 0 fully saturated rings. The van der Waals surface area contributed by atoms with Gasteiger partial charge in [-0.2, -0.15) is 0 Å². The molecule has 0 aromatic rings. The van der Waals surface area contributed by atoms with Gasteiger partial charge in [-0.25, -0.2) is 0 Å². The summed E-state index contributed by atoms with van der Waals surface area (Å²) in [4.78, 5) is 11.3. The third-order valence-electron chi connectivity index (χ3n) is 1.64. The molecule has 0 aliphatic carbocycles. The quantitative estimate of drug-likeness (QED) is 0.565. The molecule has 0 bridgehead atoms. The van der Waals surface area contributed by atoms with Crippen molar-refractivity contribution in [1.82, 2.24) is 5.32 Å². The monoisotopic (exact) mass is 189 g/mol. The molecule has 4 heteroatoms. The van der Waals surface area contributed by atoms with Gasteiger partial charge in [-0.1, -0.05) is 13.8 Å². The van der Waals surface area contributed by atoms with Crippen LogP contribution in [0, 0.1) is 0 Å². The van der Waals surface area contributed by atoms with Crippen LogP contribution in [0.5, 0.6) is 0 Å². The van der Waals surface area contributed by atoms with Crippen molar-refractivity contribution in [1.29, 1.82) is 0 Å². The van der Waals surface area contributed by atoms with E-state index in [1.54, 1.807) is 0 Å². The van der Waals surface area contributed by atoms with Crippen LogP contribution in [0.4, 0.5) is 0 Å². The summed E-state index contributed by atoms with van der Waals surface area (Å²) in [5.74, 6) is -0.224. The summed E-state index contributed by atoms with van der Waals surface area (Å²) in [6, 6.07) is -0.279. The summed E-state index contributed by atoms with van der Waals surface area (Å²) in [5, 5.41) is 11.5. The SMILES string of the molecule is CCCOC(=O)C(CC)NCCO. The lowest BCUT2D eigenvalue weighted by Gasteiger charge is -2.14. The summed E-state index contributed by atoms with van der Waals surface area (Å²) in [5.41, 5.74) is 0. The average Bonchev–Trinajstić information content (AvgIpc) is 2.16. The van der Waals surface area contributed by atoms with Crippen molar-refractivity contribution in [3.8, 4) is 0 Å². The molecule has 2 N–H and O–H groups in total. The van der Waals surface area contributed by atoms with Gasteiger partial charge in [0.15, 0.2) is 0 Å². The topological polar surface area (TPSA) is 58.6 Å². The smallest absolute Gasteiger partial charge is 0.323 e. The minimum atomic E-state index is -0.279. The predicted molar refractivity (Wildman–Crippen MR) is 50.4 cm³/mol. The molecule has 0 radical (unpaired) electrons. The number of carbonyl (C=O) groups excluding carboxylic acids is 1. The van der Waals surface area contributed by atoms with E-state index in [0.29, 0.717) is 19.6 Å². The maximum atomic E-state index is 11.3. The number of carbonyl (C=O) groups is 1. The van der Waals surface area contributed by atoms with Gasteiger partial charge in [-0.05, 0) is 12.8 Å². The molecule has 0 aliphatic heterocycles. The lowest BCUT2D eigenvalue weighted by Crippen LogP contribution is -2.39. The van der Waals surface area contributed by atoms with E-state index in [2.05, 4.69) is 5.32 Å². The Bertz CT molecular complexity index is 139. The number of esters is 1. The zero-order valence-corrected chi connectivity index (χ0v) is 8.38. The minimum Gasteiger partial charge on any atom is -0.465 e. The van der Waals surface area contributed by atoms with E-state index in [1.165, 1.54) is 0 Å². The Morgan fingerprint density at radius 2 is 2.23 bits per heavy atom. The predicted octanol–water partition coefficient (Wildman–Crippen LogP) is 0.300. The molecule has 0 amide bonds. The van der Waals surface area contributed by atoms with E-state index in [9.17, 15) is 4.79 Å². The molecule has 13 heavy (non-hydrogen) atoms. The molecule has 0 spiro atoms. The standard InChI is InChI=1S/C9H19NO3/c1-3-7-13-9(12)8(4-2)10-5-6-11/h8,10-11H,3-7H2,1-2H3. The Kier molecular flexibility index (Phi) is 7.63. The molecular weight excluding hydrogens is 170 g/mol. The first-order valence-corrected chi connectivity index (χ1v) is 4.77. The fourth-order valence-electron chi connectivity index (χ4n) is 0.936. The Hall–Kier alpha value is -0.610. The van der Waals surface area contributed by atoms with Crippen LogP contribution in [0.25, 0.3) is 0 Å². The van der Waals surface area contributed by atoms with Gasteiger partial charge in [0.1, 0.15) is 6.04 Å². The molecule has 4 nitrogen and oxygen atoms in total. The Morgan fingerprint density at radius 3 is 2.69 bits per heavy atom. The van der Waals surface area contributed by atoms with Gasteiger partial charge in [0.05, 0.1) is 13.2 Å². The molecule has 0 rings (SSSR count). The van der Waals surface area contributed by atoms with Gasteiger partial charge >= 0.3 is 5.97 Å². The van der Waals surface area contributed by atoms with E-state index >= 15 is 0 Å². The lowest BCUT2D eigenvalue weighted by molar-refractivity contribution is -0.146. The van der Waals surface area contributed by atoms with E-state index in [4.69, 9.17) is 9.84 Å². The summed E-state index contributed by atoms with van der Waals surface area (Å²) in [6.45, 7) is 4.80. The maximum absolute atomic E-state index is 11.3. The van der Waals surface area contributed by atoms with Crippen molar-refractivity contribution < 1.29 is 14.6 Å². The Labute approximate surface area is 79.3 Å². The maximum Gasteiger partial charge on any atom is 0.323 e. The van der Waals surface area contributed by atoms with E-state index < -0.39 is 0 Å². The highest BCUT2D eigenvalue weighted by Crippen LogP contribution is 1.95. The minimum absolute atomic E-state index is 0.0392. The first kappa shape index (κ1) is 12.4. The third-order valence-corrected chi connectivity index (χ3v) is 1.64. The molecular formula is C9H19NO3. The molecule has 0 saturated carbocycles. The second kappa shape index (κ2) is 8.01. The number of aliphatic hydroxyl groups is 1.